The molecule has 0 spiro atoms. The molecule has 1 aliphatic rings. The van der Waals surface area contributed by atoms with Gasteiger partial charge >= 0.3 is 6.18 Å². The third-order valence-corrected chi connectivity index (χ3v) is 6.89. The number of halogens is 3. The SMILES string of the molecule is CCCCCCC1CCC(C(C)c2ccc(-c3ccc(C(F)(F)F)nc3)cc2)CC1. The molecule has 2 aromatic rings. The van der Waals surface area contributed by atoms with Gasteiger partial charge in [0.1, 0.15) is 5.69 Å². The molecule has 1 aromatic heterocycles. The van der Waals surface area contributed by atoms with Gasteiger partial charge in [0, 0.05) is 11.8 Å². The van der Waals surface area contributed by atoms with E-state index in [0.717, 1.165) is 23.5 Å². The quantitative estimate of drug-likeness (QED) is 0.392. The highest BCUT2D eigenvalue weighted by molar-refractivity contribution is 5.62. The Bertz CT molecular complexity index is 756. The maximum absolute atomic E-state index is 12.7. The predicted molar refractivity (Wildman–Crippen MR) is 117 cm³/mol. The number of pyridine rings is 1. The van der Waals surface area contributed by atoms with Crippen molar-refractivity contribution in [3.05, 3.63) is 53.9 Å². The molecule has 0 saturated heterocycles. The Morgan fingerprint density at radius 2 is 1.57 bits per heavy atom. The molecule has 1 aliphatic carbocycles. The van der Waals surface area contributed by atoms with Crippen LogP contribution in [-0.2, 0) is 6.18 Å². The fourth-order valence-electron chi connectivity index (χ4n) is 4.82. The molecule has 1 unspecified atom stereocenters. The van der Waals surface area contributed by atoms with Crippen molar-refractivity contribution in [2.75, 3.05) is 0 Å². The van der Waals surface area contributed by atoms with Crippen molar-refractivity contribution in [2.45, 2.75) is 83.7 Å². The van der Waals surface area contributed by atoms with Gasteiger partial charge in [-0.3, -0.25) is 4.98 Å². The zero-order valence-electron chi connectivity index (χ0n) is 18.2. The van der Waals surface area contributed by atoms with Crippen molar-refractivity contribution in [2.24, 2.45) is 11.8 Å². The van der Waals surface area contributed by atoms with Crippen LogP contribution in [-0.4, -0.2) is 4.98 Å². The Morgan fingerprint density at radius 1 is 0.900 bits per heavy atom. The molecule has 1 saturated carbocycles. The highest BCUT2D eigenvalue weighted by atomic mass is 19.4. The van der Waals surface area contributed by atoms with Crippen LogP contribution in [0.25, 0.3) is 11.1 Å². The molecule has 0 radical (unpaired) electrons. The van der Waals surface area contributed by atoms with E-state index in [1.807, 2.05) is 12.1 Å². The minimum Gasteiger partial charge on any atom is -0.251 e. The van der Waals surface area contributed by atoms with Gasteiger partial charge in [-0.15, -0.1) is 0 Å². The third-order valence-electron chi connectivity index (χ3n) is 6.89. The first-order valence-electron chi connectivity index (χ1n) is 11.5. The number of aromatic nitrogens is 1. The Kier molecular flexibility index (Phi) is 7.96. The number of hydrogen-bond donors (Lipinski definition) is 0. The van der Waals surface area contributed by atoms with E-state index in [1.165, 1.54) is 75.6 Å². The zero-order valence-corrected chi connectivity index (χ0v) is 18.2. The fourth-order valence-corrected chi connectivity index (χ4v) is 4.82. The number of hydrogen-bond acceptors (Lipinski definition) is 1. The minimum atomic E-state index is -4.40. The molecule has 1 fully saturated rings. The largest absolute Gasteiger partial charge is 0.433 e. The van der Waals surface area contributed by atoms with Crippen molar-refractivity contribution in [1.82, 2.24) is 4.98 Å². The van der Waals surface area contributed by atoms with Crippen molar-refractivity contribution in [3.8, 4) is 11.1 Å². The molecule has 1 nitrogen and oxygen atoms in total. The van der Waals surface area contributed by atoms with Crippen molar-refractivity contribution in [3.63, 3.8) is 0 Å². The number of alkyl halides is 3. The Balaban J connectivity index is 1.53. The van der Waals surface area contributed by atoms with Crippen LogP contribution in [0.5, 0.6) is 0 Å². The maximum Gasteiger partial charge on any atom is 0.433 e. The lowest BCUT2D eigenvalue weighted by Crippen LogP contribution is -2.19. The summed E-state index contributed by atoms with van der Waals surface area (Å²) < 4.78 is 38.1. The summed E-state index contributed by atoms with van der Waals surface area (Å²) in [4.78, 5) is 3.57. The number of rotatable bonds is 8. The molecule has 164 valence electrons. The monoisotopic (exact) mass is 417 g/mol. The topological polar surface area (TPSA) is 12.9 Å². The molecule has 30 heavy (non-hydrogen) atoms. The second-order valence-corrected chi connectivity index (χ2v) is 8.97. The first kappa shape index (κ1) is 22.8. The van der Waals surface area contributed by atoms with Gasteiger partial charge in [0.25, 0.3) is 0 Å². The summed E-state index contributed by atoms with van der Waals surface area (Å²) in [6.45, 7) is 4.58. The van der Waals surface area contributed by atoms with E-state index < -0.39 is 11.9 Å². The first-order valence-corrected chi connectivity index (χ1v) is 11.5. The third kappa shape index (κ3) is 6.09. The lowest BCUT2D eigenvalue weighted by Gasteiger charge is -2.32. The Hall–Kier alpha value is -1.84. The van der Waals surface area contributed by atoms with E-state index in [4.69, 9.17) is 0 Å². The van der Waals surface area contributed by atoms with E-state index in [1.54, 1.807) is 0 Å². The van der Waals surface area contributed by atoms with Crippen molar-refractivity contribution >= 4 is 0 Å². The normalized spacial score (nSPS) is 20.8. The predicted octanol–water partition coefficient (Wildman–Crippen LogP) is 8.65. The van der Waals surface area contributed by atoms with Gasteiger partial charge in [0.15, 0.2) is 0 Å². The summed E-state index contributed by atoms with van der Waals surface area (Å²) >= 11 is 0. The first-order chi connectivity index (χ1) is 14.4. The summed E-state index contributed by atoms with van der Waals surface area (Å²) in [5.41, 5.74) is 2.09. The van der Waals surface area contributed by atoms with Crippen LogP contribution >= 0.6 is 0 Å². The molecule has 1 heterocycles. The van der Waals surface area contributed by atoms with Crippen LogP contribution in [0.4, 0.5) is 13.2 Å². The molecule has 4 heteroatoms. The molecule has 0 N–H and O–H groups in total. The summed E-state index contributed by atoms with van der Waals surface area (Å²) in [7, 11) is 0. The van der Waals surface area contributed by atoms with E-state index in [9.17, 15) is 13.2 Å². The van der Waals surface area contributed by atoms with Crippen molar-refractivity contribution in [1.29, 1.82) is 0 Å². The lowest BCUT2D eigenvalue weighted by atomic mass is 9.73. The van der Waals surface area contributed by atoms with Gasteiger partial charge in [-0.2, -0.15) is 13.2 Å². The number of benzene rings is 1. The highest BCUT2D eigenvalue weighted by Gasteiger charge is 2.32. The number of nitrogens with zero attached hydrogens (tertiary/aromatic N) is 1. The number of unbranched alkanes of at least 4 members (excludes halogenated alkanes) is 3. The van der Waals surface area contributed by atoms with Gasteiger partial charge in [-0.05, 0) is 47.8 Å². The fraction of sp³-hybridized carbons (Fsp3) is 0.577. The highest BCUT2D eigenvalue weighted by Crippen LogP contribution is 2.40. The second kappa shape index (κ2) is 10.5. The average molecular weight is 418 g/mol. The van der Waals surface area contributed by atoms with Crippen LogP contribution < -0.4 is 0 Å². The van der Waals surface area contributed by atoms with E-state index in [0.29, 0.717) is 11.5 Å². The summed E-state index contributed by atoms with van der Waals surface area (Å²) in [5, 5.41) is 0. The Morgan fingerprint density at radius 3 is 2.13 bits per heavy atom. The zero-order chi connectivity index (χ0) is 21.6. The van der Waals surface area contributed by atoms with Gasteiger partial charge in [0.05, 0.1) is 0 Å². The smallest absolute Gasteiger partial charge is 0.251 e. The molecule has 1 aromatic carbocycles. The van der Waals surface area contributed by atoms with Crippen LogP contribution in [0.1, 0.15) is 88.8 Å². The maximum atomic E-state index is 12.7. The molecular formula is C26H34F3N. The summed E-state index contributed by atoms with van der Waals surface area (Å²) in [5.74, 6) is 2.17. The summed E-state index contributed by atoms with van der Waals surface area (Å²) in [6, 6.07) is 10.8. The average Bonchev–Trinajstić information content (AvgIpc) is 2.76. The van der Waals surface area contributed by atoms with E-state index >= 15 is 0 Å². The van der Waals surface area contributed by atoms with Crippen LogP contribution in [0.3, 0.4) is 0 Å². The van der Waals surface area contributed by atoms with Crippen LogP contribution in [0.2, 0.25) is 0 Å². The molecular weight excluding hydrogens is 383 g/mol. The van der Waals surface area contributed by atoms with Gasteiger partial charge < -0.3 is 0 Å². The Labute approximate surface area is 179 Å². The van der Waals surface area contributed by atoms with Gasteiger partial charge in [0.2, 0.25) is 0 Å². The van der Waals surface area contributed by atoms with Crippen LogP contribution in [0.15, 0.2) is 42.6 Å². The molecule has 0 bridgehead atoms. The second-order valence-electron chi connectivity index (χ2n) is 8.97. The molecule has 1 atom stereocenters. The van der Waals surface area contributed by atoms with E-state index in [2.05, 4.69) is 31.0 Å². The van der Waals surface area contributed by atoms with Gasteiger partial charge in [-0.1, -0.05) is 89.1 Å². The molecule has 0 amide bonds. The summed E-state index contributed by atoms with van der Waals surface area (Å²) in [6.07, 6.45) is 9.09. The molecule has 0 aliphatic heterocycles. The minimum absolute atomic E-state index is 0.519. The van der Waals surface area contributed by atoms with Gasteiger partial charge in [-0.25, -0.2) is 0 Å². The van der Waals surface area contributed by atoms with E-state index in [-0.39, 0.29) is 0 Å². The molecule has 3 rings (SSSR count). The van der Waals surface area contributed by atoms with Crippen molar-refractivity contribution < 1.29 is 13.2 Å². The standard InChI is InChI=1S/C26H34F3N/c1-3-4-5-6-7-20-8-10-21(11-9-20)19(2)22-12-14-23(15-13-22)24-16-17-25(30-18-24)26(27,28)29/h12-21H,3-11H2,1-2H3. The lowest BCUT2D eigenvalue weighted by molar-refractivity contribution is -0.141. The van der Waals surface area contributed by atoms with Crippen LogP contribution in [0, 0.1) is 11.8 Å².